The average molecular weight is 683 g/mol. The highest BCUT2D eigenvalue weighted by molar-refractivity contribution is 5.99. The van der Waals surface area contributed by atoms with Crippen LogP contribution in [-0.2, 0) is 33.7 Å². The van der Waals surface area contributed by atoms with Crippen molar-refractivity contribution in [1.29, 1.82) is 0 Å². The number of aliphatic hydroxyl groups is 1. The summed E-state index contributed by atoms with van der Waals surface area (Å²) in [5.41, 5.74) is 6.19. The standard InChI is InChI=1S/C40H50N4O6/c1-4-43-25-32-17-28-11-8-9-12-29(28)24-44(32)39(47)34(19-33(26-45)48-2)36(43)13-7-5-6-10-16-50-38-20-35-30(18-37(38)49-3)21-40(14-15-40)22-31(23-41-35)42-27-46/h4,8-9,11-13,18-20,26-27,31-32,41,45H,1,5-7,10,14-17,21-25H2,2-3H3,(H,42,46)/b33-26-,34-19+,36-13+. The highest BCUT2D eigenvalue weighted by atomic mass is 16.5. The predicted octanol–water partition coefficient (Wildman–Crippen LogP) is 6.16. The molecule has 6 rings (SSSR count). The van der Waals surface area contributed by atoms with E-state index in [4.69, 9.17) is 14.2 Å². The molecule has 2 aromatic rings. The van der Waals surface area contributed by atoms with Gasteiger partial charge in [0.15, 0.2) is 17.3 Å². The Labute approximate surface area is 295 Å². The lowest BCUT2D eigenvalue weighted by atomic mass is 9.87. The second kappa shape index (κ2) is 15.8. The zero-order chi connectivity index (χ0) is 35.1. The first-order chi connectivity index (χ1) is 24.4. The van der Waals surface area contributed by atoms with E-state index in [0.29, 0.717) is 37.6 Å². The molecule has 1 saturated carbocycles. The van der Waals surface area contributed by atoms with Crippen LogP contribution >= 0.6 is 0 Å². The zero-order valence-electron chi connectivity index (χ0n) is 29.3. The number of unbranched alkanes of at least 4 members (excludes halogenated alkanes) is 3. The largest absolute Gasteiger partial charge is 0.512 e. The van der Waals surface area contributed by atoms with Crippen LogP contribution in [0.15, 0.2) is 84.6 Å². The van der Waals surface area contributed by atoms with Crippen LogP contribution in [0.25, 0.3) is 0 Å². The van der Waals surface area contributed by atoms with E-state index in [9.17, 15) is 14.7 Å². The Balaban J connectivity index is 1.10. The maximum Gasteiger partial charge on any atom is 0.256 e. The second-order valence-corrected chi connectivity index (χ2v) is 13.9. The van der Waals surface area contributed by atoms with E-state index in [1.165, 1.54) is 31.1 Å². The molecule has 3 aliphatic heterocycles. The third-order valence-electron chi connectivity index (χ3n) is 10.6. The quantitative estimate of drug-likeness (QED) is 0.0998. The first kappa shape index (κ1) is 35.0. The number of methoxy groups -OCH3 is 2. The Morgan fingerprint density at radius 3 is 2.66 bits per heavy atom. The summed E-state index contributed by atoms with van der Waals surface area (Å²) in [5, 5.41) is 16.3. The minimum Gasteiger partial charge on any atom is -0.512 e. The number of ether oxygens (including phenoxy) is 3. The highest BCUT2D eigenvalue weighted by Gasteiger charge is 2.45. The van der Waals surface area contributed by atoms with Crippen LogP contribution in [0.1, 0.15) is 61.6 Å². The Kier molecular flexibility index (Phi) is 11.0. The smallest absolute Gasteiger partial charge is 0.256 e. The van der Waals surface area contributed by atoms with E-state index < -0.39 is 0 Å². The molecule has 4 aliphatic rings. The van der Waals surface area contributed by atoms with Crippen molar-refractivity contribution < 1.29 is 28.9 Å². The van der Waals surface area contributed by atoms with Crippen LogP contribution in [0, 0.1) is 5.41 Å². The van der Waals surface area contributed by atoms with E-state index in [1.54, 1.807) is 19.4 Å². The van der Waals surface area contributed by atoms with Crippen LogP contribution in [0.4, 0.5) is 5.69 Å². The number of carbonyl (C=O) groups excluding carboxylic acids is 2. The molecular weight excluding hydrogens is 632 g/mol. The van der Waals surface area contributed by atoms with Crippen LogP contribution in [0.3, 0.4) is 0 Å². The number of allylic oxidation sites excluding steroid dienone is 2. The molecule has 266 valence electrons. The Hall–Kier alpha value is -4.86. The molecule has 10 nitrogen and oxygen atoms in total. The molecule has 1 saturated heterocycles. The first-order valence-corrected chi connectivity index (χ1v) is 17.8. The molecule has 2 unspecified atom stereocenters. The molecule has 10 heteroatoms. The molecule has 0 bridgehead atoms. The number of aliphatic hydroxyl groups excluding tert-OH is 1. The number of amides is 2. The molecule has 0 radical (unpaired) electrons. The van der Waals surface area contributed by atoms with Crippen molar-refractivity contribution in [2.75, 3.05) is 39.2 Å². The summed E-state index contributed by atoms with van der Waals surface area (Å²) in [7, 11) is 3.15. The summed E-state index contributed by atoms with van der Waals surface area (Å²) in [6.45, 7) is 6.47. The van der Waals surface area contributed by atoms with Gasteiger partial charge in [-0.3, -0.25) is 9.59 Å². The van der Waals surface area contributed by atoms with Gasteiger partial charge >= 0.3 is 0 Å². The van der Waals surface area contributed by atoms with Crippen molar-refractivity contribution in [2.24, 2.45) is 5.41 Å². The number of nitrogens with one attached hydrogen (secondary N) is 2. The second-order valence-electron chi connectivity index (χ2n) is 13.9. The fourth-order valence-electron chi connectivity index (χ4n) is 7.66. The summed E-state index contributed by atoms with van der Waals surface area (Å²) >= 11 is 0. The fourth-order valence-corrected chi connectivity index (χ4v) is 7.66. The van der Waals surface area contributed by atoms with Gasteiger partial charge in [0.2, 0.25) is 6.41 Å². The predicted molar refractivity (Wildman–Crippen MR) is 194 cm³/mol. The highest BCUT2D eigenvalue weighted by Crippen LogP contribution is 2.54. The van der Waals surface area contributed by atoms with Crippen molar-refractivity contribution in [3.05, 3.63) is 101 Å². The number of rotatable bonds is 13. The number of benzene rings is 2. The molecule has 1 spiro atoms. The normalized spacial score (nSPS) is 22.7. The molecule has 50 heavy (non-hydrogen) atoms. The number of hydrogen-bond donors (Lipinski definition) is 3. The average Bonchev–Trinajstić information content (AvgIpc) is 3.91. The monoisotopic (exact) mass is 682 g/mol. The summed E-state index contributed by atoms with van der Waals surface area (Å²) in [6, 6.07) is 12.5. The van der Waals surface area contributed by atoms with E-state index in [-0.39, 0.29) is 29.2 Å². The number of hydrogen-bond acceptors (Lipinski definition) is 8. The van der Waals surface area contributed by atoms with Crippen LogP contribution in [-0.4, -0.2) is 73.2 Å². The van der Waals surface area contributed by atoms with E-state index in [0.717, 1.165) is 80.3 Å². The van der Waals surface area contributed by atoms with Gasteiger partial charge in [-0.05, 0) is 98.2 Å². The lowest BCUT2D eigenvalue weighted by Gasteiger charge is -2.36. The van der Waals surface area contributed by atoms with E-state index in [1.807, 2.05) is 23.1 Å². The number of nitrogens with zero attached hydrogens (tertiary/aromatic N) is 2. The number of anilines is 1. The minimum absolute atomic E-state index is 0.0141. The van der Waals surface area contributed by atoms with Crippen LogP contribution in [0.5, 0.6) is 11.5 Å². The molecule has 3 heterocycles. The molecule has 3 N–H and O–H groups in total. The van der Waals surface area contributed by atoms with Crippen molar-refractivity contribution in [3.63, 3.8) is 0 Å². The Morgan fingerprint density at radius 2 is 1.94 bits per heavy atom. The number of fused-ring (bicyclic) bond motifs is 3. The van der Waals surface area contributed by atoms with Crippen LogP contribution in [0.2, 0.25) is 0 Å². The summed E-state index contributed by atoms with van der Waals surface area (Å²) < 4.78 is 17.3. The van der Waals surface area contributed by atoms with Crippen molar-refractivity contribution in [1.82, 2.24) is 15.1 Å². The van der Waals surface area contributed by atoms with Crippen molar-refractivity contribution >= 4 is 18.0 Å². The Bertz CT molecular complexity index is 1660. The number of carbonyl (C=O) groups is 2. The third-order valence-corrected chi connectivity index (χ3v) is 10.6. The van der Waals surface area contributed by atoms with Gasteiger partial charge in [0, 0.05) is 43.1 Å². The third kappa shape index (κ3) is 7.79. The molecule has 0 aromatic heterocycles. The van der Waals surface area contributed by atoms with Gasteiger partial charge in [-0.1, -0.05) is 36.9 Å². The van der Waals surface area contributed by atoms with Gasteiger partial charge in [0.05, 0.1) is 32.4 Å². The SMILES string of the molecule is C=CN1CC2Cc3ccccc3CN2C(=O)C(=C/C(=C/O)OC)/C1=C\CCCCCOc1cc2c(cc1OC)CC1(CC1)CC(NC=O)CN2. The molecule has 2 amide bonds. The van der Waals surface area contributed by atoms with Gasteiger partial charge in [0.25, 0.3) is 5.91 Å². The van der Waals surface area contributed by atoms with Crippen molar-refractivity contribution in [2.45, 2.75) is 76.4 Å². The van der Waals surface area contributed by atoms with Crippen LogP contribution < -0.4 is 20.1 Å². The molecule has 2 atom stereocenters. The van der Waals surface area contributed by atoms with E-state index >= 15 is 0 Å². The van der Waals surface area contributed by atoms with Gasteiger partial charge in [-0.15, -0.1) is 0 Å². The van der Waals surface area contributed by atoms with Gasteiger partial charge in [-0.2, -0.15) is 0 Å². The van der Waals surface area contributed by atoms with Gasteiger partial charge in [0.1, 0.15) is 6.26 Å². The van der Waals surface area contributed by atoms with Crippen molar-refractivity contribution in [3.8, 4) is 11.5 Å². The fraction of sp³-hybridized carbons (Fsp3) is 0.450. The lowest BCUT2D eigenvalue weighted by Crippen LogP contribution is -2.46. The molecule has 2 aromatic carbocycles. The Morgan fingerprint density at radius 1 is 1.12 bits per heavy atom. The minimum atomic E-state index is -0.0902. The molecular formula is C40H50N4O6. The zero-order valence-corrected chi connectivity index (χ0v) is 29.3. The van der Waals surface area contributed by atoms with Gasteiger partial charge in [-0.25, -0.2) is 0 Å². The summed E-state index contributed by atoms with van der Waals surface area (Å²) in [6.07, 6.45) is 15.7. The van der Waals surface area contributed by atoms with Gasteiger partial charge < -0.3 is 39.8 Å². The maximum absolute atomic E-state index is 14.1. The first-order valence-electron chi connectivity index (χ1n) is 17.8. The van der Waals surface area contributed by atoms with E-state index in [2.05, 4.69) is 46.4 Å². The molecule has 2 fully saturated rings. The summed E-state index contributed by atoms with van der Waals surface area (Å²) in [5.74, 6) is 1.57. The maximum atomic E-state index is 14.1. The lowest BCUT2D eigenvalue weighted by molar-refractivity contribution is -0.129. The topological polar surface area (TPSA) is 113 Å². The molecule has 1 aliphatic carbocycles. The summed E-state index contributed by atoms with van der Waals surface area (Å²) in [4.78, 5) is 29.3.